The molecule has 0 bridgehead atoms. The van der Waals surface area contributed by atoms with Crippen molar-refractivity contribution in [2.45, 2.75) is 13.0 Å². The van der Waals surface area contributed by atoms with Crippen LogP contribution in [0.5, 0.6) is 0 Å². The Labute approximate surface area is 110 Å². The number of hydrogen-bond donors (Lipinski definition) is 3. The van der Waals surface area contributed by atoms with Crippen molar-refractivity contribution in [2.75, 3.05) is 0 Å². The number of carbonyl (C=O) groups excluding carboxylic acids is 1. The summed E-state index contributed by atoms with van der Waals surface area (Å²) in [5.74, 6) is -1.34. The molecule has 1 atom stereocenters. The molecule has 0 aliphatic carbocycles. The predicted molar refractivity (Wildman–Crippen MR) is 73.8 cm³/mol. The fraction of sp³-hybridized carbons (Fsp3) is 0.143. The van der Waals surface area contributed by atoms with E-state index in [1.807, 2.05) is 36.4 Å². The Morgan fingerprint density at radius 2 is 1.63 bits per heavy atom. The standard InChI is InChI=1S/C11H9NO.C3H7NO2/c12-11(13)10-7-3-5-8-4-1-2-6-9(8)10;1-2(4)3(5)6/h1-7H,(H2,12,13);2H,4H2,1H3,(H,5,6). The first-order valence-corrected chi connectivity index (χ1v) is 5.69. The summed E-state index contributed by atoms with van der Waals surface area (Å²) in [6.07, 6.45) is 0. The van der Waals surface area contributed by atoms with Crippen molar-refractivity contribution in [1.29, 1.82) is 0 Å². The minimum Gasteiger partial charge on any atom is -0.480 e. The lowest BCUT2D eigenvalue weighted by Crippen LogP contribution is -2.25. The van der Waals surface area contributed by atoms with E-state index < -0.39 is 12.0 Å². The molecule has 2 rings (SSSR count). The van der Waals surface area contributed by atoms with Crippen LogP contribution in [0.2, 0.25) is 0 Å². The van der Waals surface area contributed by atoms with Crippen molar-refractivity contribution in [1.82, 2.24) is 0 Å². The lowest BCUT2D eigenvalue weighted by Gasteiger charge is -2.01. The van der Waals surface area contributed by atoms with Gasteiger partial charge in [-0.3, -0.25) is 9.59 Å². The summed E-state index contributed by atoms with van der Waals surface area (Å²) in [6, 6.07) is 12.5. The monoisotopic (exact) mass is 260 g/mol. The summed E-state index contributed by atoms with van der Waals surface area (Å²) in [5, 5.41) is 9.82. The molecule has 5 heteroatoms. The van der Waals surface area contributed by atoms with Gasteiger partial charge in [-0.2, -0.15) is 0 Å². The highest BCUT2D eigenvalue weighted by atomic mass is 16.4. The van der Waals surface area contributed by atoms with Crippen LogP contribution in [0.3, 0.4) is 0 Å². The molecule has 0 aliphatic heterocycles. The molecule has 0 spiro atoms. The van der Waals surface area contributed by atoms with Crippen molar-refractivity contribution in [2.24, 2.45) is 11.5 Å². The van der Waals surface area contributed by atoms with E-state index in [-0.39, 0.29) is 5.91 Å². The maximum atomic E-state index is 11.0. The van der Waals surface area contributed by atoms with Gasteiger partial charge in [-0.1, -0.05) is 36.4 Å². The van der Waals surface area contributed by atoms with Crippen LogP contribution < -0.4 is 11.5 Å². The predicted octanol–water partition coefficient (Wildman–Crippen LogP) is 1.36. The van der Waals surface area contributed by atoms with Crippen LogP contribution in [-0.4, -0.2) is 23.0 Å². The number of aliphatic carboxylic acids is 1. The highest BCUT2D eigenvalue weighted by Crippen LogP contribution is 2.17. The molecular formula is C14H16N2O3. The summed E-state index contributed by atoms with van der Waals surface area (Å²) in [7, 11) is 0. The Bertz CT molecular complexity index is 589. The first-order chi connectivity index (χ1) is 8.93. The van der Waals surface area contributed by atoms with Gasteiger partial charge in [-0.25, -0.2) is 0 Å². The van der Waals surface area contributed by atoms with E-state index in [4.69, 9.17) is 16.6 Å². The molecule has 100 valence electrons. The van der Waals surface area contributed by atoms with E-state index in [1.54, 1.807) is 6.07 Å². The minimum atomic E-state index is -0.963. The number of primary amides is 1. The normalized spacial score (nSPS) is 11.3. The highest BCUT2D eigenvalue weighted by molar-refractivity contribution is 6.06. The number of carboxylic acids is 1. The second-order valence-corrected chi connectivity index (χ2v) is 4.02. The van der Waals surface area contributed by atoms with Gasteiger partial charge in [0.1, 0.15) is 6.04 Å². The molecule has 5 nitrogen and oxygen atoms in total. The highest BCUT2D eigenvalue weighted by Gasteiger charge is 2.03. The summed E-state index contributed by atoms with van der Waals surface area (Å²) >= 11 is 0. The molecule has 0 aliphatic rings. The molecule has 2 aromatic rings. The molecule has 0 heterocycles. The Morgan fingerprint density at radius 3 is 2.16 bits per heavy atom. The molecule has 0 saturated carbocycles. The fourth-order valence-electron chi connectivity index (χ4n) is 1.44. The van der Waals surface area contributed by atoms with E-state index in [0.717, 1.165) is 10.8 Å². The molecule has 0 aromatic heterocycles. The third kappa shape index (κ3) is 4.08. The van der Waals surface area contributed by atoms with E-state index in [0.29, 0.717) is 5.56 Å². The van der Waals surface area contributed by atoms with Crippen molar-refractivity contribution in [3.63, 3.8) is 0 Å². The molecule has 1 amide bonds. The van der Waals surface area contributed by atoms with Gasteiger partial charge >= 0.3 is 5.97 Å². The molecule has 0 fully saturated rings. The number of carbonyl (C=O) groups is 2. The molecule has 0 radical (unpaired) electrons. The molecule has 1 unspecified atom stereocenters. The number of hydrogen-bond acceptors (Lipinski definition) is 3. The van der Waals surface area contributed by atoms with Gasteiger partial charge in [0.25, 0.3) is 0 Å². The van der Waals surface area contributed by atoms with Gasteiger partial charge < -0.3 is 16.6 Å². The number of carboxylic acid groups (broad SMARTS) is 1. The van der Waals surface area contributed by atoms with E-state index in [2.05, 4.69) is 0 Å². The van der Waals surface area contributed by atoms with E-state index in [1.165, 1.54) is 6.92 Å². The van der Waals surface area contributed by atoms with Gasteiger partial charge in [-0.15, -0.1) is 0 Å². The van der Waals surface area contributed by atoms with Crippen molar-refractivity contribution in [3.8, 4) is 0 Å². The molecule has 19 heavy (non-hydrogen) atoms. The lowest BCUT2D eigenvalue weighted by atomic mass is 10.0. The van der Waals surface area contributed by atoms with Gasteiger partial charge in [0.2, 0.25) is 5.91 Å². The van der Waals surface area contributed by atoms with Crippen LogP contribution in [0.25, 0.3) is 10.8 Å². The largest absolute Gasteiger partial charge is 0.480 e. The van der Waals surface area contributed by atoms with Crippen LogP contribution in [0.15, 0.2) is 42.5 Å². The summed E-state index contributed by atoms with van der Waals surface area (Å²) in [5.41, 5.74) is 10.7. The Morgan fingerprint density at radius 1 is 1.11 bits per heavy atom. The smallest absolute Gasteiger partial charge is 0.320 e. The molecular weight excluding hydrogens is 244 g/mol. The van der Waals surface area contributed by atoms with Crippen LogP contribution in [0.4, 0.5) is 0 Å². The number of rotatable bonds is 2. The number of nitrogens with two attached hydrogens (primary N) is 2. The maximum Gasteiger partial charge on any atom is 0.320 e. The average molecular weight is 260 g/mol. The summed E-state index contributed by atoms with van der Waals surface area (Å²) in [6.45, 7) is 1.42. The van der Waals surface area contributed by atoms with Crippen molar-refractivity contribution < 1.29 is 14.7 Å². The van der Waals surface area contributed by atoms with Crippen LogP contribution in [-0.2, 0) is 4.79 Å². The average Bonchev–Trinajstić information content (AvgIpc) is 2.38. The minimum absolute atomic E-state index is 0.378. The van der Waals surface area contributed by atoms with E-state index >= 15 is 0 Å². The second-order valence-electron chi connectivity index (χ2n) is 4.02. The van der Waals surface area contributed by atoms with Gasteiger partial charge in [-0.05, 0) is 23.8 Å². The van der Waals surface area contributed by atoms with Crippen molar-refractivity contribution >= 4 is 22.6 Å². The third-order valence-electron chi connectivity index (χ3n) is 2.44. The lowest BCUT2D eigenvalue weighted by molar-refractivity contribution is -0.138. The first-order valence-electron chi connectivity index (χ1n) is 5.69. The first kappa shape index (κ1) is 14.7. The van der Waals surface area contributed by atoms with Crippen LogP contribution >= 0.6 is 0 Å². The van der Waals surface area contributed by atoms with Gasteiger partial charge in [0, 0.05) is 5.56 Å². The fourth-order valence-corrected chi connectivity index (χ4v) is 1.44. The topological polar surface area (TPSA) is 106 Å². The molecule has 0 saturated heterocycles. The number of benzene rings is 2. The van der Waals surface area contributed by atoms with Crippen LogP contribution in [0.1, 0.15) is 17.3 Å². The van der Waals surface area contributed by atoms with Crippen LogP contribution in [0, 0.1) is 0 Å². The summed E-state index contributed by atoms with van der Waals surface area (Å²) in [4.78, 5) is 20.6. The SMILES string of the molecule is CC(N)C(=O)O.NC(=O)c1cccc2ccccc12. The number of amides is 1. The van der Waals surface area contributed by atoms with Gasteiger partial charge in [0.15, 0.2) is 0 Å². The maximum absolute atomic E-state index is 11.0. The second kappa shape index (κ2) is 6.51. The Kier molecular flexibility index (Phi) is 5.02. The third-order valence-corrected chi connectivity index (χ3v) is 2.44. The number of fused-ring (bicyclic) bond motifs is 1. The quantitative estimate of drug-likeness (QED) is 0.757. The zero-order valence-corrected chi connectivity index (χ0v) is 10.5. The van der Waals surface area contributed by atoms with Crippen molar-refractivity contribution in [3.05, 3.63) is 48.0 Å². The van der Waals surface area contributed by atoms with E-state index in [9.17, 15) is 9.59 Å². The molecule has 2 aromatic carbocycles. The Balaban J connectivity index is 0.000000258. The zero-order valence-electron chi connectivity index (χ0n) is 10.5. The molecule has 5 N–H and O–H groups in total. The summed E-state index contributed by atoms with van der Waals surface area (Å²) < 4.78 is 0. The zero-order chi connectivity index (χ0) is 14.4. The Hall–Kier alpha value is -2.40. The van der Waals surface area contributed by atoms with Gasteiger partial charge in [0.05, 0.1) is 0 Å².